The van der Waals surface area contributed by atoms with Gasteiger partial charge >= 0.3 is 0 Å². The molecule has 0 saturated heterocycles. The number of carbonyl (C=O) groups is 1. The summed E-state index contributed by atoms with van der Waals surface area (Å²) in [5, 5.41) is 1.59. The van der Waals surface area contributed by atoms with Crippen LogP contribution in [0.2, 0.25) is 5.02 Å². The van der Waals surface area contributed by atoms with Gasteiger partial charge in [-0.1, -0.05) is 24.9 Å². The first-order valence-electron chi connectivity index (χ1n) is 5.52. The van der Waals surface area contributed by atoms with Crippen LogP contribution in [0.5, 0.6) is 0 Å². The molecule has 1 heterocycles. The number of nitrogens with one attached hydrogen (secondary N) is 1. The van der Waals surface area contributed by atoms with E-state index in [1.54, 1.807) is 6.20 Å². The van der Waals surface area contributed by atoms with Gasteiger partial charge in [0.15, 0.2) is 5.78 Å². The third kappa shape index (κ3) is 2.12. The first-order valence-corrected chi connectivity index (χ1v) is 5.90. The largest absolute Gasteiger partial charge is 0.360 e. The van der Waals surface area contributed by atoms with Crippen LogP contribution in [0.15, 0.2) is 24.4 Å². The van der Waals surface area contributed by atoms with Crippen LogP contribution >= 0.6 is 11.6 Å². The predicted octanol–water partition coefficient (Wildman–Crippen LogP) is 4.19. The van der Waals surface area contributed by atoms with Crippen LogP contribution in [0.25, 0.3) is 10.9 Å². The van der Waals surface area contributed by atoms with Gasteiger partial charge in [0.25, 0.3) is 0 Å². The van der Waals surface area contributed by atoms with Crippen molar-refractivity contribution in [2.24, 2.45) is 0 Å². The molecule has 0 atom stereocenters. The van der Waals surface area contributed by atoms with Gasteiger partial charge in [0, 0.05) is 34.1 Å². The van der Waals surface area contributed by atoms with E-state index in [1.807, 2.05) is 18.2 Å². The average Bonchev–Trinajstić information content (AvgIpc) is 2.68. The summed E-state index contributed by atoms with van der Waals surface area (Å²) in [5.74, 6) is 0.190. The van der Waals surface area contributed by atoms with Gasteiger partial charge < -0.3 is 4.98 Å². The fraction of sp³-hybridized carbons (Fsp3) is 0.308. The summed E-state index contributed by atoms with van der Waals surface area (Å²) >= 11 is 5.93. The van der Waals surface area contributed by atoms with Gasteiger partial charge in [0.05, 0.1) is 0 Å². The summed E-state index contributed by atoms with van der Waals surface area (Å²) in [6, 6.07) is 5.56. The lowest BCUT2D eigenvalue weighted by Crippen LogP contribution is -1.97. The van der Waals surface area contributed by atoms with Crippen molar-refractivity contribution in [1.29, 1.82) is 0 Å². The van der Waals surface area contributed by atoms with Gasteiger partial charge in [0.2, 0.25) is 0 Å². The number of aromatic amines is 1. The minimum absolute atomic E-state index is 0.190. The molecule has 0 aliphatic rings. The number of halogens is 1. The van der Waals surface area contributed by atoms with Gasteiger partial charge in [-0.3, -0.25) is 4.79 Å². The summed E-state index contributed by atoms with van der Waals surface area (Å²) < 4.78 is 0. The van der Waals surface area contributed by atoms with Gasteiger partial charge in [-0.05, 0) is 24.6 Å². The summed E-state index contributed by atoms with van der Waals surface area (Å²) in [6.45, 7) is 2.08. The van der Waals surface area contributed by atoms with Crippen LogP contribution in [0.4, 0.5) is 0 Å². The number of fused-ring (bicyclic) bond motifs is 1. The van der Waals surface area contributed by atoms with E-state index in [0.29, 0.717) is 11.4 Å². The molecule has 2 rings (SSSR count). The number of aromatic nitrogens is 1. The zero-order valence-corrected chi connectivity index (χ0v) is 9.97. The molecule has 0 radical (unpaired) electrons. The third-order valence-electron chi connectivity index (χ3n) is 2.70. The van der Waals surface area contributed by atoms with Crippen molar-refractivity contribution in [3.8, 4) is 0 Å². The molecule has 0 aliphatic heterocycles. The van der Waals surface area contributed by atoms with E-state index in [9.17, 15) is 4.79 Å². The van der Waals surface area contributed by atoms with E-state index in [1.165, 1.54) is 0 Å². The van der Waals surface area contributed by atoms with E-state index in [4.69, 9.17) is 11.6 Å². The number of hydrogen-bond acceptors (Lipinski definition) is 1. The topological polar surface area (TPSA) is 32.9 Å². The lowest BCUT2D eigenvalue weighted by molar-refractivity contribution is 0.0981. The maximum absolute atomic E-state index is 11.9. The predicted molar refractivity (Wildman–Crippen MR) is 67.2 cm³/mol. The number of carbonyl (C=O) groups excluding carboxylic acids is 1. The van der Waals surface area contributed by atoms with Gasteiger partial charge in [-0.2, -0.15) is 0 Å². The number of H-pyrrole nitrogens is 1. The van der Waals surface area contributed by atoms with Crippen molar-refractivity contribution in [2.75, 3.05) is 0 Å². The molecule has 84 valence electrons. The Morgan fingerprint density at radius 3 is 3.00 bits per heavy atom. The quantitative estimate of drug-likeness (QED) is 0.792. The molecule has 16 heavy (non-hydrogen) atoms. The van der Waals surface area contributed by atoms with Crippen LogP contribution in [-0.2, 0) is 0 Å². The van der Waals surface area contributed by atoms with Crippen molar-refractivity contribution < 1.29 is 4.79 Å². The molecule has 1 aromatic carbocycles. The highest BCUT2D eigenvalue weighted by Crippen LogP contribution is 2.23. The van der Waals surface area contributed by atoms with E-state index < -0.39 is 0 Å². The summed E-state index contributed by atoms with van der Waals surface area (Å²) in [6.07, 6.45) is 4.36. The van der Waals surface area contributed by atoms with E-state index in [-0.39, 0.29) is 5.78 Å². The van der Waals surface area contributed by atoms with Crippen molar-refractivity contribution in [3.63, 3.8) is 0 Å². The number of benzene rings is 1. The molecule has 0 saturated carbocycles. The molecule has 1 N–H and O–H groups in total. The normalized spacial score (nSPS) is 10.9. The Hall–Kier alpha value is -1.28. The Labute approximate surface area is 99.6 Å². The Morgan fingerprint density at radius 2 is 2.25 bits per heavy atom. The molecular weight excluding hydrogens is 222 g/mol. The standard InChI is InChI=1S/C13H14ClNO/c1-2-3-4-13(16)11-8-15-12-6-5-9(14)7-10(11)12/h5-8,15H,2-4H2,1H3. The maximum atomic E-state index is 11.9. The minimum atomic E-state index is 0.190. The van der Waals surface area contributed by atoms with Crippen LogP contribution < -0.4 is 0 Å². The van der Waals surface area contributed by atoms with Gasteiger partial charge in [0.1, 0.15) is 0 Å². The average molecular weight is 236 g/mol. The molecule has 3 heteroatoms. The minimum Gasteiger partial charge on any atom is -0.360 e. The fourth-order valence-electron chi connectivity index (χ4n) is 1.80. The summed E-state index contributed by atoms with van der Waals surface area (Å²) in [7, 11) is 0. The van der Waals surface area contributed by atoms with Crippen LogP contribution in [0.3, 0.4) is 0 Å². The number of hydrogen-bond donors (Lipinski definition) is 1. The van der Waals surface area contributed by atoms with Gasteiger partial charge in [-0.15, -0.1) is 0 Å². The monoisotopic (exact) mass is 235 g/mol. The number of Topliss-reactive ketones (excluding diaryl/α,β-unsaturated/α-hetero) is 1. The highest BCUT2D eigenvalue weighted by Gasteiger charge is 2.11. The lowest BCUT2D eigenvalue weighted by Gasteiger charge is -1.98. The van der Waals surface area contributed by atoms with E-state index in [0.717, 1.165) is 29.3 Å². The van der Waals surface area contributed by atoms with E-state index >= 15 is 0 Å². The molecule has 2 nitrogen and oxygen atoms in total. The fourth-order valence-corrected chi connectivity index (χ4v) is 1.97. The highest BCUT2D eigenvalue weighted by molar-refractivity contribution is 6.31. The Kier molecular flexibility index (Phi) is 3.30. The molecule has 0 unspecified atom stereocenters. The third-order valence-corrected chi connectivity index (χ3v) is 2.94. The molecule has 1 aromatic heterocycles. The second kappa shape index (κ2) is 4.71. The molecular formula is C13H14ClNO. The van der Waals surface area contributed by atoms with Gasteiger partial charge in [-0.25, -0.2) is 0 Å². The molecule has 0 fully saturated rings. The lowest BCUT2D eigenvalue weighted by atomic mass is 10.1. The number of ketones is 1. The summed E-state index contributed by atoms with van der Waals surface area (Å²) in [5.41, 5.74) is 1.72. The Bertz CT molecular complexity index is 516. The van der Waals surface area contributed by atoms with Crippen LogP contribution in [0.1, 0.15) is 36.5 Å². The van der Waals surface area contributed by atoms with E-state index in [2.05, 4.69) is 11.9 Å². The number of unbranched alkanes of at least 4 members (excludes halogenated alkanes) is 1. The zero-order chi connectivity index (χ0) is 11.5. The molecule has 0 aliphatic carbocycles. The van der Waals surface area contributed by atoms with Crippen molar-refractivity contribution in [3.05, 3.63) is 35.0 Å². The second-order valence-corrected chi connectivity index (χ2v) is 4.36. The van der Waals surface area contributed by atoms with Crippen molar-refractivity contribution in [1.82, 2.24) is 4.98 Å². The first-order chi connectivity index (χ1) is 7.72. The Morgan fingerprint density at radius 1 is 1.44 bits per heavy atom. The number of rotatable bonds is 4. The maximum Gasteiger partial charge on any atom is 0.165 e. The molecule has 0 spiro atoms. The SMILES string of the molecule is CCCCC(=O)c1c[nH]c2ccc(Cl)cc12. The van der Waals surface area contributed by atoms with Crippen molar-refractivity contribution in [2.45, 2.75) is 26.2 Å². The van der Waals surface area contributed by atoms with Crippen LogP contribution in [0, 0.1) is 0 Å². The second-order valence-electron chi connectivity index (χ2n) is 3.92. The summed E-state index contributed by atoms with van der Waals surface area (Å²) in [4.78, 5) is 15.0. The molecule has 0 amide bonds. The Balaban J connectivity index is 2.37. The molecule has 0 bridgehead atoms. The smallest absolute Gasteiger partial charge is 0.165 e. The van der Waals surface area contributed by atoms with Crippen molar-refractivity contribution >= 4 is 28.3 Å². The zero-order valence-electron chi connectivity index (χ0n) is 9.22. The highest BCUT2D eigenvalue weighted by atomic mass is 35.5. The van der Waals surface area contributed by atoms with Crippen LogP contribution in [-0.4, -0.2) is 10.8 Å². The first kappa shape index (κ1) is 11.2. The molecule has 2 aromatic rings.